The van der Waals surface area contributed by atoms with E-state index in [4.69, 9.17) is 0 Å². The van der Waals surface area contributed by atoms with Gasteiger partial charge in [-0.25, -0.2) is 5.10 Å². The Bertz CT molecular complexity index is 1010. The van der Waals surface area contributed by atoms with Gasteiger partial charge in [-0.15, -0.1) is 0 Å². The van der Waals surface area contributed by atoms with Crippen LogP contribution in [-0.2, 0) is 6.42 Å². The molecule has 1 aliphatic heterocycles. The minimum Gasteiger partial charge on any atom is -0.307 e. The molecule has 2 aromatic carbocycles. The molecule has 0 saturated heterocycles. The summed E-state index contributed by atoms with van der Waals surface area (Å²) in [4.78, 5) is 26.8. The molecule has 0 saturated carbocycles. The summed E-state index contributed by atoms with van der Waals surface area (Å²) < 4.78 is 1.00. The number of halogens is 1. The van der Waals surface area contributed by atoms with E-state index >= 15 is 0 Å². The molecular weight excluding hydrogens is 370 g/mol. The Labute approximate surface area is 146 Å². The highest BCUT2D eigenvalue weighted by molar-refractivity contribution is 9.10. The Balaban J connectivity index is 1.84. The smallest absolute Gasteiger partial charge is 0.279 e. The van der Waals surface area contributed by atoms with Gasteiger partial charge in [0.25, 0.3) is 11.5 Å². The quantitative estimate of drug-likeness (QED) is 0.700. The third-order valence-electron chi connectivity index (χ3n) is 4.30. The monoisotopic (exact) mass is 383 g/mol. The third kappa shape index (κ3) is 2.43. The van der Waals surface area contributed by atoms with Crippen LogP contribution in [0.2, 0.25) is 0 Å². The highest BCUT2D eigenvalue weighted by Gasteiger charge is 2.26. The summed E-state index contributed by atoms with van der Waals surface area (Å²) >= 11 is 3.48. The number of carbonyl (C=O) groups excluding carboxylic acids is 1. The molecule has 0 bridgehead atoms. The minimum absolute atomic E-state index is 0.189. The molecule has 0 radical (unpaired) electrons. The number of benzene rings is 2. The summed E-state index contributed by atoms with van der Waals surface area (Å²) in [7, 11) is 0. The zero-order valence-electron chi connectivity index (χ0n) is 12.8. The van der Waals surface area contributed by atoms with Gasteiger partial charge in [0, 0.05) is 22.1 Å². The molecule has 1 N–H and O–H groups in total. The van der Waals surface area contributed by atoms with Crippen LogP contribution in [0.5, 0.6) is 0 Å². The molecule has 4 rings (SSSR count). The van der Waals surface area contributed by atoms with Crippen LogP contribution in [0.3, 0.4) is 0 Å². The van der Waals surface area contributed by atoms with Gasteiger partial charge in [-0.2, -0.15) is 5.10 Å². The second-order valence-corrected chi connectivity index (χ2v) is 6.70. The van der Waals surface area contributed by atoms with Gasteiger partial charge in [0.05, 0.1) is 5.39 Å². The maximum Gasteiger partial charge on any atom is 0.279 e. The van der Waals surface area contributed by atoms with Gasteiger partial charge in [0.2, 0.25) is 0 Å². The van der Waals surface area contributed by atoms with Gasteiger partial charge in [-0.3, -0.25) is 9.59 Å². The predicted octanol–water partition coefficient (Wildman–Crippen LogP) is 3.28. The maximum absolute atomic E-state index is 13.1. The van der Waals surface area contributed by atoms with Crippen molar-refractivity contribution in [3.63, 3.8) is 0 Å². The number of fused-ring (bicyclic) bond motifs is 2. The van der Waals surface area contributed by atoms with Gasteiger partial charge in [-0.05, 0) is 42.7 Å². The molecule has 1 aliphatic rings. The van der Waals surface area contributed by atoms with Crippen molar-refractivity contribution in [3.8, 4) is 0 Å². The van der Waals surface area contributed by atoms with Crippen LogP contribution < -0.4 is 10.5 Å². The average Bonchev–Trinajstić information content (AvgIpc) is 2.61. The van der Waals surface area contributed by atoms with Gasteiger partial charge in [0.1, 0.15) is 0 Å². The fourth-order valence-electron chi connectivity index (χ4n) is 3.18. The Morgan fingerprint density at radius 3 is 2.79 bits per heavy atom. The largest absolute Gasteiger partial charge is 0.307 e. The van der Waals surface area contributed by atoms with Crippen LogP contribution in [0.1, 0.15) is 22.5 Å². The van der Waals surface area contributed by atoms with E-state index in [1.165, 1.54) is 0 Å². The van der Waals surface area contributed by atoms with Crippen molar-refractivity contribution < 1.29 is 4.79 Å². The van der Waals surface area contributed by atoms with E-state index in [2.05, 4.69) is 26.1 Å². The van der Waals surface area contributed by atoms with E-state index in [1.807, 2.05) is 24.3 Å². The summed E-state index contributed by atoms with van der Waals surface area (Å²) in [6.45, 7) is 0.641. The number of aromatic amines is 1. The number of hydrogen-bond acceptors (Lipinski definition) is 3. The van der Waals surface area contributed by atoms with Crippen LogP contribution in [0, 0.1) is 0 Å². The van der Waals surface area contributed by atoms with E-state index < -0.39 is 0 Å². The van der Waals surface area contributed by atoms with Gasteiger partial charge < -0.3 is 4.90 Å². The fourth-order valence-corrected chi connectivity index (χ4v) is 3.59. The molecule has 0 unspecified atom stereocenters. The molecule has 0 spiro atoms. The first-order valence-electron chi connectivity index (χ1n) is 7.73. The Kier molecular flexibility index (Phi) is 3.69. The van der Waals surface area contributed by atoms with Crippen molar-refractivity contribution >= 4 is 38.3 Å². The molecule has 1 amide bonds. The van der Waals surface area contributed by atoms with Crippen molar-refractivity contribution in [1.82, 2.24) is 10.2 Å². The highest BCUT2D eigenvalue weighted by Crippen LogP contribution is 2.31. The van der Waals surface area contributed by atoms with Gasteiger partial charge >= 0.3 is 0 Å². The zero-order valence-corrected chi connectivity index (χ0v) is 14.3. The van der Waals surface area contributed by atoms with Crippen molar-refractivity contribution in [3.05, 3.63) is 68.5 Å². The van der Waals surface area contributed by atoms with Crippen LogP contribution >= 0.6 is 15.9 Å². The molecule has 1 aromatic heterocycles. The number of rotatable bonds is 1. The molecule has 24 heavy (non-hydrogen) atoms. The normalized spacial score (nSPS) is 13.8. The first-order valence-corrected chi connectivity index (χ1v) is 8.52. The molecular formula is C18H14BrN3O2. The van der Waals surface area contributed by atoms with Crippen LogP contribution in [0.15, 0.2) is 51.7 Å². The minimum atomic E-state index is -0.287. The number of nitrogens with zero attached hydrogens (tertiary/aromatic N) is 2. The lowest BCUT2D eigenvalue weighted by molar-refractivity contribution is 0.0981. The van der Waals surface area contributed by atoms with E-state index in [-0.39, 0.29) is 17.2 Å². The number of nitrogens with one attached hydrogen (secondary N) is 1. The number of carbonyl (C=O) groups is 1. The molecule has 0 atom stereocenters. The number of H-pyrrole nitrogens is 1. The molecule has 6 heteroatoms. The maximum atomic E-state index is 13.1. The van der Waals surface area contributed by atoms with Gasteiger partial charge in [0.15, 0.2) is 5.69 Å². The third-order valence-corrected chi connectivity index (χ3v) is 4.80. The van der Waals surface area contributed by atoms with E-state index in [0.29, 0.717) is 17.3 Å². The molecule has 0 fully saturated rings. The SMILES string of the molecule is O=C(c1n[nH]c(=O)c2ccccc12)N1CCCc2cc(Br)ccc21. The van der Waals surface area contributed by atoms with Gasteiger partial charge in [-0.1, -0.05) is 34.1 Å². The summed E-state index contributed by atoms with van der Waals surface area (Å²) in [6, 6.07) is 13.0. The lowest BCUT2D eigenvalue weighted by Gasteiger charge is -2.29. The summed E-state index contributed by atoms with van der Waals surface area (Å²) in [5.74, 6) is -0.189. The number of anilines is 1. The fraction of sp³-hybridized carbons (Fsp3) is 0.167. The molecule has 0 aliphatic carbocycles. The molecule has 2 heterocycles. The van der Waals surface area contributed by atoms with Crippen molar-refractivity contribution in [2.75, 3.05) is 11.4 Å². The number of hydrogen-bond donors (Lipinski definition) is 1. The Hall–Kier alpha value is -2.47. The van der Waals surface area contributed by atoms with Crippen LogP contribution in [0.25, 0.3) is 10.8 Å². The first-order chi connectivity index (χ1) is 11.6. The Morgan fingerprint density at radius 2 is 1.96 bits per heavy atom. The summed E-state index contributed by atoms with van der Waals surface area (Å²) in [5, 5.41) is 7.52. The predicted molar refractivity (Wildman–Crippen MR) is 96.5 cm³/mol. The van der Waals surface area contributed by atoms with Crippen LogP contribution in [-0.4, -0.2) is 22.6 Å². The average molecular weight is 384 g/mol. The number of amides is 1. The zero-order chi connectivity index (χ0) is 16.7. The van der Waals surface area contributed by atoms with Crippen molar-refractivity contribution in [2.24, 2.45) is 0 Å². The number of aryl methyl sites for hydroxylation is 1. The first kappa shape index (κ1) is 15.1. The molecule has 3 aromatic rings. The lowest BCUT2D eigenvalue weighted by atomic mass is 10.0. The van der Waals surface area contributed by atoms with Crippen LogP contribution in [0.4, 0.5) is 5.69 Å². The molecule has 120 valence electrons. The summed E-state index contributed by atoms with van der Waals surface area (Å²) in [6.07, 6.45) is 1.84. The second kappa shape index (κ2) is 5.87. The Morgan fingerprint density at radius 1 is 1.17 bits per heavy atom. The summed E-state index contributed by atoms with van der Waals surface area (Å²) in [5.41, 5.74) is 2.04. The lowest BCUT2D eigenvalue weighted by Crippen LogP contribution is -2.36. The molecule has 5 nitrogen and oxygen atoms in total. The number of aromatic nitrogens is 2. The van der Waals surface area contributed by atoms with E-state index in [9.17, 15) is 9.59 Å². The van der Waals surface area contributed by atoms with Crippen molar-refractivity contribution in [1.29, 1.82) is 0 Å². The van der Waals surface area contributed by atoms with Crippen molar-refractivity contribution in [2.45, 2.75) is 12.8 Å². The van der Waals surface area contributed by atoms with E-state index in [1.54, 1.807) is 23.1 Å². The topological polar surface area (TPSA) is 66.1 Å². The van der Waals surface area contributed by atoms with E-state index in [0.717, 1.165) is 28.6 Å². The highest BCUT2D eigenvalue weighted by atomic mass is 79.9. The second-order valence-electron chi connectivity index (χ2n) is 5.78. The standard InChI is InChI=1S/C18H14BrN3O2/c19-12-7-8-15-11(10-12)4-3-9-22(15)18(24)16-13-5-1-2-6-14(13)17(23)21-20-16/h1-2,5-8,10H,3-4,9H2,(H,21,23).